The number of nitrogens with zero attached hydrogens (tertiary/aromatic N) is 1. The molecule has 0 aromatic heterocycles. The Morgan fingerprint density at radius 1 is 1.14 bits per heavy atom. The molecule has 2 rings (SSSR count). The minimum Gasteiger partial charge on any atom is -0.497 e. The Hall–Kier alpha value is -2.42. The van der Waals surface area contributed by atoms with Gasteiger partial charge >= 0.3 is 11.9 Å². The van der Waals surface area contributed by atoms with Gasteiger partial charge in [-0.25, -0.2) is 4.79 Å². The molecule has 0 radical (unpaired) electrons. The van der Waals surface area contributed by atoms with E-state index < -0.39 is 42.1 Å². The van der Waals surface area contributed by atoms with Crippen molar-refractivity contribution in [2.24, 2.45) is 22.7 Å². The number of carbonyl (C=O) groups excluding carboxylic acids is 3. The molecule has 1 fully saturated rings. The van der Waals surface area contributed by atoms with Crippen LogP contribution in [0.4, 0.5) is 0 Å². The first-order valence-corrected chi connectivity index (χ1v) is 13.1. The van der Waals surface area contributed by atoms with Crippen LogP contribution >= 0.6 is 0 Å². The maximum absolute atomic E-state index is 12.9. The van der Waals surface area contributed by atoms with E-state index in [0.29, 0.717) is 24.2 Å². The van der Waals surface area contributed by atoms with E-state index in [0.717, 1.165) is 19.3 Å². The lowest BCUT2D eigenvalue weighted by Gasteiger charge is -2.32. The lowest BCUT2D eigenvalue weighted by molar-refractivity contribution is -0.163. The lowest BCUT2D eigenvalue weighted by Crippen LogP contribution is -2.50. The standard InChI is InChI=1S/C27H44N2O7/c1-8-21(12-9-16(2)3)24(34-15-20-10-11-20)18(5)35-27(32)17(4)29-26(31)23-25(36-19(6)30)22(33-7)13-14-28-23/h13-14,16-18,20-21,23-25H,8-12,15H2,1-7H3,(H,29,31)/t17-,18-,21-,23?,24+,25?/m0/s1. The Kier molecular flexibility index (Phi) is 11.9. The molecular formula is C27H44N2O7. The quantitative estimate of drug-likeness (QED) is 0.336. The van der Waals surface area contributed by atoms with E-state index >= 15 is 0 Å². The van der Waals surface area contributed by atoms with Crippen LogP contribution in [0.5, 0.6) is 0 Å². The normalized spacial score (nSPS) is 22.7. The predicted molar refractivity (Wildman–Crippen MR) is 136 cm³/mol. The Balaban J connectivity index is 2.01. The fourth-order valence-electron chi connectivity index (χ4n) is 4.27. The van der Waals surface area contributed by atoms with Crippen molar-refractivity contribution in [3.8, 4) is 0 Å². The van der Waals surface area contributed by atoms with Gasteiger partial charge in [-0.05, 0) is 56.9 Å². The van der Waals surface area contributed by atoms with Gasteiger partial charge in [0, 0.05) is 19.7 Å². The van der Waals surface area contributed by atoms with Gasteiger partial charge in [0.05, 0.1) is 13.2 Å². The first-order chi connectivity index (χ1) is 17.1. The van der Waals surface area contributed by atoms with Gasteiger partial charge in [-0.2, -0.15) is 0 Å². The number of ether oxygens (including phenoxy) is 4. The molecule has 0 bridgehead atoms. The molecule has 1 heterocycles. The van der Waals surface area contributed by atoms with Gasteiger partial charge < -0.3 is 24.3 Å². The van der Waals surface area contributed by atoms with E-state index in [4.69, 9.17) is 18.9 Å². The van der Waals surface area contributed by atoms with Gasteiger partial charge in [-0.1, -0.05) is 33.6 Å². The second kappa shape index (κ2) is 14.4. The molecule has 0 aromatic rings. The van der Waals surface area contributed by atoms with Crippen LogP contribution in [0.1, 0.15) is 73.6 Å². The molecule has 0 saturated heterocycles. The summed E-state index contributed by atoms with van der Waals surface area (Å²) < 4.78 is 22.6. The summed E-state index contributed by atoms with van der Waals surface area (Å²) in [6.07, 6.45) is 6.66. The van der Waals surface area contributed by atoms with E-state index in [2.05, 4.69) is 31.1 Å². The van der Waals surface area contributed by atoms with E-state index in [1.54, 1.807) is 6.92 Å². The van der Waals surface area contributed by atoms with E-state index in [1.165, 1.54) is 39.2 Å². The molecule has 0 aromatic carbocycles. The van der Waals surface area contributed by atoms with Crippen LogP contribution in [0, 0.1) is 17.8 Å². The Bertz CT molecular complexity index is 806. The largest absolute Gasteiger partial charge is 0.497 e. The molecule has 1 saturated carbocycles. The highest BCUT2D eigenvalue weighted by Gasteiger charge is 2.38. The minimum absolute atomic E-state index is 0.202. The molecule has 2 aliphatic rings. The topological polar surface area (TPSA) is 113 Å². The summed E-state index contributed by atoms with van der Waals surface area (Å²) in [5.41, 5.74) is 0. The molecule has 9 heteroatoms. The zero-order chi connectivity index (χ0) is 26.8. The number of dihydropyridines is 1. The number of esters is 2. The van der Waals surface area contributed by atoms with Crippen LogP contribution in [0.3, 0.4) is 0 Å². The van der Waals surface area contributed by atoms with Gasteiger partial charge in [0.1, 0.15) is 17.9 Å². The van der Waals surface area contributed by atoms with Crippen molar-refractivity contribution >= 4 is 24.1 Å². The number of allylic oxidation sites excluding steroid dienone is 1. The summed E-state index contributed by atoms with van der Waals surface area (Å²) in [5.74, 6) is 0.0693. The number of methoxy groups -OCH3 is 1. The van der Waals surface area contributed by atoms with Crippen LogP contribution in [-0.4, -0.2) is 68.2 Å². The molecule has 1 amide bonds. The highest BCUT2D eigenvalue weighted by atomic mass is 16.6. The number of hydrogen-bond donors (Lipinski definition) is 1. The highest BCUT2D eigenvalue weighted by molar-refractivity contribution is 5.91. The number of rotatable bonds is 15. The van der Waals surface area contributed by atoms with Crippen LogP contribution < -0.4 is 5.32 Å². The van der Waals surface area contributed by atoms with Crippen molar-refractivity contribution in [1.82, 2.24) is 5.32 Å². The third-order valence-corrected chi connectivity index (χ3v) is 6.65. The first-order valence-electron chi connectivity index (χ1n) is 13.1. The fraction of sp³-hybridized carbons (Fsp3) is 0.778. The molecule has 1 aliphatic carbocycles. The third kappa shape index (κ3) is 9.22. The predicted octanol–water partition coefficient (Wildman–Crippen LogP) is 3.60. The van der Waals surface area contributed by atoms with Crippen LogP contribution in [-0.2, 0) is 33.3 Å². The van der Waals surface area contributed by atoms with Gasteiger partial charge in [0.2, 0.25) is 5.91 Å². The summed E-state index contributed by atoms with van der Waals surface area (Å²) in [7, 11) is 1.42. The minimum atomic E-state index is -1.07. The Labute approximate surface area is 215 Å². The average molecular weight is 509 g/mol. The molecule has 2 unspecified atom stereocenters. The number of amides is 1. The van der Waals surface area contributed by atoms with Gasteiger partial charge in [0.15, 0.2) is 12.1 Å². The Morgan fingerprint density at radius 3 is 2.39 bits per heavy atom. The van der Waals surface area contributed by atoms with Crippen molar-refractivity contribution in [3.05, 3.63) is 11.8 Å². The summed E-state index contributed by atoms with van der Waals surface area (Å²) in [6, 6.07) is -2.00. The van der Waals surface area contributed by atoms with Gasteiger partial charge in [0.25, 0.3) is 0 Å². The van der Waals surface area contributed by atoms with E-state index in [9.17, 15) is 14.4 Å². The smallest absolute Gasteiger partial charge is 0.328 e. The second-order valence-electron chi connectivity index (χ2n) is 10.3. The summed E-state index contributed by atoms with van der Waals surface area (Å²) >= 11 is 0. The van der Waals surface area contributed by atoms with Crippen molar-refractivity contribution in [3.63, 3.8) is 0 Å². The van der Waals surface area contributed by atoms with Gasteiger partial charge in [-0.15, -0.1) is 0 Å². The number of aliphatic imine (C=N–C) groups is 1. The lowest BCUT2D eigenvalue weighted by atomic mass is 9.88. The second-order valence-corrected chi connectivity index (χ2v) is 10.3. The zero-order valence-corrected chi connectivity index (χ0v) is 22.8. The fourth-order valence-corrected chi connectivity index (χ4v) is 4.27. The molecule has 0 spiro atoms. The van der Waals surface area contributed by atoms with Crippen molar-refractivity contribution in [2.75, 3.05) is 13.7 Å². The van der Waals surface area contributed by atoms with Crippen molar-refractivity contribution < 1.29 is 33.3 Å². The van der Waals surface area contributed by atoms with Crippen LogP contribution in [0.2, 0.25) is 0 Å². The third-order valence-electron chi connectivity index (χ3n) is 6.65. The summed E-state index contributed by atoms with van der Waals surface area (Å²) in [4.78, 5) is 41.6. The maximum atomic E-state index is 12.9. The molecule has 1 aliphatic heterocycles. The number of carbonyl (C=O) groups is 3. The summed E-state index contributed by atoms with van der Waals surface area (Å²) in [6.45, 7) is 11.9. The first kappa shape index (κ1) is 29.8. The Morgan fingerprint density at radius 2 is 1.83 bits per heavy atom. The van der Waals surface area contributed by atoms with Crippen molar-refractivity contribution in [1.29, 1.82) is 0 Å². The van der Waals surface area contributed by atoms with Crippen LogP contribution in [0.25, 0.3) is 0 Å². The zero-order valence-electron chi connectivity index (χ0n) is 22.8. The molecule has 1 N–H and O–H groups in total. The SMILES string of the molecule is CC[C@@H](CCC(C)C)[C@H](OCC1CC1)[C@H](C)OC(=O)[C@H](C)NC(=O)C1N=CC=C(OC)C1OC(C)=O. The summed E-state index contributed by atoms with van der Waals surface area (Å²) in [5, 5.41) is 2.64. The highest BCUT2D eigenvalue weighted by Crippen LogP contribution is 2.32. The maximum Gasteiger partial charge on any atom is 0.328 e. The molecular weight excluding hydrogens is 464 g/mol. The molecule has 6 atom stereocenters. The number of nitrogens with one attached hydrogen (secondary N) is 1. The molecule has 36 heavy (non-hydrogen) atoms. The van der Waals surface area contributed by atoms with Crippen molar-refractivity contribution in [2.45, 2.75) is 104 Å². The van der Waals surface area contributed by atoms with Crippen LogP contribution in [0.15, 0.2) is 16.8 Å². The van der Waals surface area contributed by atoms with E-state index in [1.807, 2.05) is 6.92 Å². The monoisotopic (exact) mass is 508 g/mol. The van der Waals surface area contributed by atoms with E-state index in [-0.39, 0.29) is 12.0 Å². The molecule has 204 valence electrons. The number of hydrogen-bond acceptors (Lipinski definition) is 8. The molecule has 9 nitrogen and oxygen atoms in total. The van der Waals surface area contributed by atoms with Gasteiger partial charge in [-0.3, -0.25) is 14.6 Å². The average Bonchev–Trinajstić information content (AvgIpc) is 3.64.